The molecule has 0 heterocycles. The van der Waals surface area contributed by atoms with Crippen LogP contribution >= 0.6 is 0 Å². The van der Waals surface area contributed by atoms with Crippen molar-refractivity contribution in [2.45, 2.75) is 46.2 Å². The van der Waals surface area contributed by atoms with Crippen LogP contribution in [0.3, 0.4) is 0 Å². The summed E-state index contributed by atoms with van der Waals surface area (Å²) in [4.78, 5) is 27.3. The molecule has 1 N–H and O–H groups in total. The Bertz CT molecular complexity index is 1090. The van der Waals surface area contributed by atoms with Crippen molar-refractivity contribution >= 4 is 27.5 Å². The summed E-state index contributed by atoms with van der Waals surface area (Å²) in [6, 6.07) is 13.4. The number of amides is 2. The summed E-state index contributed by atoms with van der Waals surface area (Å²) in [6.45, 7) is 6.73. The molecule has 0 radical (unpaired) electrons. The lowest BCUT2D eigenvalue weighted by Crippen LogP contribution is -2.47. The van der Waals surface area contributed by atoms with Gasteiger partial charge in [-0.2, -0.15) is 0 Å². The first-order valence-electron chi connectivity index (χ1n) is 12.0. The second-order valence-corrected chi connectivity index (χ2v) is 10.2. The van der Waals surface area contributed by atoms with Crippen LogP contribution < -0.4 is 19.1 Å². The molecule has 0 unspecified atom stereocenters. The molecule has 0 aliphatic heterocycles. The summed E-state index contributed by atoms with van der Waals surface area (Å²) >= 11 is 0. The summed E-state index contributed by atoms with van der Waals surface area (Å²) in [5.74, 6) is 0.873. The van der Waals surface area contributed by atoms with Gasteiger partial charge in [0.2, 0.25) is 21.8 Å². The predicted octanol–water partition coefficient (Wildman–Crippen LogP) is 3.19. The molecule has 198 valence electrons. The molecule has 0 saturated heterocycles. The average Bonchev–Trinajstić information content (AvgIpc) is 2.85. The van der Waals surface area contributed by atoms with Gasteiger partial charge in [-0.15, -0.1) is 0 Å². The molecule has 2 rings (SSSR count). The van der Waals surface area contributed by atoms with Gasteiger partial charge in [0.1, 0.15) is 17.5 Å². The molecule has 1 atom stereocenters. The Kier molecular flexibility index (Phi) is 11.0. The van der Waals surface area contributed by atoms with Gasteiger partial charge >= 0.3 is 0 Å². The van der Waals surface area contributed by atoms with Gasteiger partial charge < -0.3 is 19.7 Å². The third-order valence-corrected chi connectivity index (χ3v) is 6.81. The monoisotopic (exact) mass is 519 g/mol. The Hall–Kier alpha value is -3.27. The zero-order chi connectivity index (χ0) is 26.7. The average molecular weight is 520 g/mol. The van der Waals surface area contributed by atoms with Crippen LogP contribution in [0.5, 0.6) is 11.5 Å². The Balaban J connectivity index is 2.14. The Morgan fingerprint density at radius 3 is 2.14 bits per heavy atom. The second-order valence-electron chi connectivity index (χ2n) is 8.31. The van der Waals surface area contributed by atoms with E-state index in [9.17, 15) is 18.0 Å². The lowest BCUT2D eigenvalue weighted by atomic mass is 10.1. The second kappa shape index (κ2) is 13.7. The van der Waals surface area contributed by atoms with Crippen molar-refractivity contribution in [3.63, 3.8) is 0 Å². The highest BCUT2D eigenvalue weighted by molar-refractivity contribution is 7.92. The lowest BCUT2D eigenvalue weighted by molar-refractivity contribution is -0.140. The topological polar surface area (TPSA) is 105 Å². The number of anilines is 1. The quantitative estimate of drug-likeness (QED) is 0.411. The van der Waals surface area contributed by atoms with Crippen LogP contribution in [-0.2, 0) is 26.2 Å². The SMILES string of the molecule is CCNC(=O)[C@@H](C)N(Cc1ccc(OC)cc1)C(=O)CCCN(c1ccc(OCC)cc1)S(C)(=O)=O. The molecule has 0 fully saturated rings. The number of nitrogens with zero attached hydrogens (tertiary/aromatic N) is 2. The first kappa shape index (κ1) is 29.0. The first-order valence-corrected chi connectivity index (χ1v) is 13.9. The number of methoxy groups -OCH3 is 1. The third-order valence-electron chi connectivity index (χ3n) is 5.62. The molecule has 0 saturated carbocycles. The molecule has 0 aromatic heterocycles. The molecule has 0 aliphatic carbocycles. The number of nitrogens with one attached hydrogen (secondary N) is 1. The summed E-state index contributed by atoms with van der Waals surface area (Å²) in [7, 11) is -1.98. The number of sulfonamides is 1. The van der Waals surface area contributed by atoms with Gasteiger partial charge in [-0.1, -0.05) is 12.1 Å². The number of carbonyl (C=O) groups is 2. The molecule has 36 heavy (non-hydrogen) atoms. The fourth-order valence-corrected chi connectivity index (χ4v) is 4.68. The maximum atomic E-state index is 13.2. The standard InChI is InChI=1S/C26H37N3O6S/c1-6-27-26(31)20(3)28(19-21-10-14-23(34-4)15-11-21)25(30)9-8-18-29(36(5,32)33)22-12-16-24(17-13-22)35-7-2/h10-17,20H,6-9,18-19H2,1-5H3,(H,27,31)/t20-/m1/s1. The van der Waals surface area contributed by atoms with E-state index in [0.717, 1.165) is 11.8 Å². The maximum absolute atomic E-state index is 13.2. The molecule has 9 nitrogen and oxygen atoms in total. The maximum Gasteiger partial charge on any atom is 0.242 e. The fraction of sp³-hybridized carbons (Fsp3) is 0.462. The van der Waals surface area contributed by atoms with Crippen LogP contribution in [0.25, 0.3) is 0 Å². The highest BCUT2D eigenvalue weighted by Gasteiger charge is 2.26. The predicted molar refractivity (Wildman–Crippen MR) is 141 cm³/mol. The molecular formula is C26H37N3O6S. The van der Waals surface area contributed by atoms with Crippen LogP contribution in [0.4, 0.5) is 5.69 Å². The lowest BCUT2D eigenvalue weighted by Gasteiger charge is -2.29. The summed E-state index contributed by atoms with van der Waals surface area (Å²) < 4.78 is 36.8. The number of likely N-dealkylation sites (N-methyl/N-ethyl adjacent to an activating group) is 1. The van der Waals surface area contributed by atoms with E-state index in [1.807, 2.05) is 26.0 Å². The Morgan fingerprint density at radius 1 is 1.00 bits per heavy atom. The zero-order valence-electron chi connectivity index (χ0n) is 21.7. The summed E-state index contributed by atoms with van der Waals surface area (Å²) in [5.41, 5.74) is 1.35. The van der Waals surface area contributed by atoms with Gasteiger partial charge in [-0.3, -0.25) is 13.9 Å². The number of hydrogen-bond donors (Lipinski definition) is 1. The van der Waals surface area contributed by atoms with E-state index in [-0.39, 0.29) is 31.3 Å². The highest BCUT2D eigenvalue weighted by Crippen LogP contribution is 2.23. The molecule has 2 aromatic rings. The number of rotatable bonds is 14. The van der Waals surface area contributed by atoms with Gasteiger partial charge in [-0.05, 0) is 69.2 Å². The molecule has 2 amide bonds. The van der Waals surface area contributed by atoms with Crippen LogP contribution in [0.15, 0.2) is 48.5 Å². The van der Waals surface area contributed by atoms with Crippen LogP contribution in [0, 0.1) is 0 Å². The van der Waals surface area contributed by atoms with Crippen molar-refractivity contribution in [2.75, 3.05) is 37.4 Å². The van der Waals surface area contributed by atoms with Crippen molar-refractivity contribution < 1.29 is 27.5 Å². The van der Waals surface area contributed by atoms with E-state index in [0.29, 0.717) is 36.8 Å². The fourth-order valence-electron chi connectivity index (χ4n) is 3.71. The molecular weight excluding hydrogens is 482 g/mol. The van der Waals surface area contributed by atoms with Crippen molar-refractivity contribution in [3.8, 4) is 11.5 Å². The number of benzene rings is 2. The molecule has 0 aliphatic rings. The van der Waals surface area contributed by atoms with Gasteiger partial charge in [0.05, 0.1) is 25.7 Å². The zero-order valence-corrected chi connectivity index (χ0v) is 22.5. The van der Waals surface area contributed by atoms with E-state index in [1.54, 1.807) is 50.4 Å². The van der Waals surface area contributed by atoms with Crippen molar-refractivity contribution in [1.29, 1.82) is 0 Å². The van der Waals surface area contributed by atoms with E-state index < -0.39 is 16.1 Å². The molecule has 0 spiro atoms. The van der Waals surface area contributed by atoms with Gasteiger partial charge in [0, 0.05) is 26.1 Å². The number of hydrogen-bond acceptors (Lipinski definition) is 6. The minimum atomic E-state index is -3.56. The molecule has 0 bridgehead atoms. The highest BCUT2D eigenvalue weighted by atomic mass is 32.2. The van der Waals surface area contributed by atoms with E-state index >= 15 is 0 Å². The number of carbonyl (C=O) groups excluding carboxylic acids is 2. The molecule has 10 heteroatoms. The Labute approximate surface area is 214 Å². The normalized spacial score (nSPS) is 11.9. The molecule has 2 aromatic carbocycles. The summed E-state index contributed by atoms with van der Waals surface area (Å²) in [5, 5.41) is 2.76. The smallest absolute Gasteiger partial charge is 0.242 e. The van der Waals surface area contributed by atoms with E-state index in [4.69, 9.17) is 9.47 Å². The minimum absolute atomic E-state index is 0.0863. The van der Waals surface area contributed by atoms with Crippen LogP contribution in [0.1, 0.15) is 39.2 Å². The minimum Gasteiger partial charge on any atom is -0.497 e. The summed E-state index contributed by atoms with van der Waals surface area (Å²) in [6.07, 6.45) is 1.52. The Morgan fingerprint density at radius 2 is 1.61 bits per heavy atom. The van der Waals surface area contributed by atoms with Gasteiger partial charge in [0.25, 0.3) is 0 Å². The van der Waals surface area contributed by atoms with Gasteiger partial charge in [-0.25, -0.2) is 8.42 Å². The van der Waals surface area contributed by atoms with Crippen LogP contribution in [-0.4, -0.2) is 64.2 Å². The first-order chi connectivity index (χ1) is 17.1. The third kappa shape index (κ3) is 8.44. The van der Waals surface area contributed by atoms with Crippen molar-refractivity contribution in [2.24, 2.45) is 0 Å². The van der Waals surface area contributed by atoms with Crippen LogP contribution in [0.2, 0.25) is 0 Å². The largest absolute Gasteiger partial charge is 0.497 e. The van der Waals surface area contributed by atoms with E-state index in [2.05, 4.69) is 5.32 Å². The van der Waals surface area contributed by atoms with Crippen molar-refractivity contribution in [1.82, 2.24) is 10.2 Å². The number of ether oxygens (including phenoxy) is 2. The van der Waals surface area contributed by atoms with Gasteiger partial charge in [0.15, 0.2) is 0 Å². The van der Waals surface area contributed by atoms with E-state index in [1.165, 1.54) is 9.21 Å². The van der Waals surface area contributed by atoms with Crippen molar-refractivity contribution in [3.05, 3.63) is 54.1 Å².